The summed E-state index contributed by atoms with van der Waals surface area (Å²) in [6, 6.07) is 4.43. The van der Waals surface area contributed by atoms with Crippen LogP contribution < -0.4 is 5.19 Å². The third-order valence-electron chi connectivity index (χ3n) is 3.33. The van der Waals surface area contributed by atoms with Crippen LogP contribution in [0.25, 0.3) is 0 Å². The number of hydrogen-bond donors (Lipinski definition) is 0. The molecule has 2 nitrogen and oxygen atoms in total. The largest absolute Gasteiger partial charge is 0.406 e. The molecule has 1 aliphatic rings. The molecule has 0 radical (unpaired) electrons. The van der Waals surface area contributed by atoms with Gasteiger partial charge in [-0.15, -0.1) is 0 Å². The number of hydrogen-bond acceptors (Lipinski definition) is 2. The van der Waals surface area contributed by atoms with E-state index in [1.165, 1.54) is 10.8 Å². The van der Waals surface area contributed by atoms with Gasteiger partial charge in [0, 0.05) is 12.4 Å². The fraction of sp³-hybridized carbons (Fsp3) is 0.545. The van der Waals surface area contributed by atoms with Gasteiger partial charge in [0.25, 0.3) is 0 Å². The van der Waals surface area contributed by atoms with E-state index in [9.17, 15) is 0 Å². The minimum absolute atomic E-state index is 0.277. The van der Waals surface area contributed by atoms with Crippen molar-refractivity contribution in [2.45, 2.75) is 39.0 Å². The van der Waals surface area contributed by atoms with Crippen LogP contribution in [0.2, 0.25) is 12.1 Å². The van der Waals surface area contributed by atoms with Gasteiger partial charge in [-0.3, -0.25) is 4.98 Å². The van der Waals surface area contributed by atoms with Gasteiger partial charge in [-0.2, -0.15) is 0 Å². The Balaban J connectivity index is 2.52. The Morgan fingerprint density at radius 1 is 1.43 bits per heavy atom. The van der Waals surface area contributed by atoms with E-state index >= 15 is 0 Å². The van der Waals surface area contributed by atoms with Crippen LogP contribution in [0.4, 0.5) is 0 Å². The van der Waals surface area contributed by atoms with Gasteiger partial charge in [-0.1, -0.05) is 13.8 Å². The van der Waals surface area contributed by atoms with Gasteiger partial charge >= 0.3 is 0 Å². The zero-order valence-electron chi connectivity index (χ0n) is 9.08. The SMILES string of the molecule is CC[Si]1(CC)OC(C)c2ccncc21. The normalized spacial score (nSPS) is 23.5. The first kappa shape index (κ1) is 9.87. The van der Waals surface area contributed by atoms with Crippen molar-refractivity contribution in [2.24, 2.45) is 0 Å². The molecule has 0 spiro atoms. The van der Waals surface area contributed by atoms with E-state index in [4.69, 9.17) is 4.43 Å². The van der Waals surface area contributed by atoms with E-state index < -0.39 is 8.32 Å². The van der Waals surface area contributed by atoms with Crippen molar-refractivity contribution >= 4 is 13.5 Å². The smallest absolute Gasteiger partial charge is 0.226 e. The van der Waals surface area contributed by atoms with Crippen LogP contribution in [0.15, 0.2) is 18.5 Å². The van der Waals surface area contributed by atoms with Crippen molar-refractivity contribution in [2.75, 3.05) is 0 Å². The first-order chi connectivity index (χ1) is 6.73. The summed E-state index contributed by atoms with van der Waals surface area (Å²) < 4.78 is 6.22. The van der Waals surface area contributed by atoms with Crippen LogP contribution >= 0.6 is 0 Å². The van der Waals surface area contributed by atoms with Gasteiger partial charge in [0.1, 0.15) is 0 Å². The van der Waals surface area contributed by atoms with E-state index in [1.54, 1.807) is 0 Å². The third kappa shape index (κ3) is 1.23. The molecule has 2 rings (SSSR count). The summed E-state index contributed by atoms with van der Waals surface area (Å²) in [4.78, 5) is 4.24. The minimum atomic E-state index is -1.63. The topological polar surface area (TPSA) is 22.1 Å². The molecule has 14 heavy (non-hydrogen) atoms. The van der Waals surface area contributed by atoms with Crippen LogP contribution in [-0.2, 0) is 4.43 Å². The Morgan fingerprint density at radius 3 is 2.79 bits per heavy atom. The monoisotopic (exact) mass is 207 g/mol. The number of pyridine rings is 1. The molecule has 76 valence electrons. The first-order valence-electron chi connectivity index (χ1n) is 5.35. The number of fused-ring (bicyclic) bond motifs is 1. The molecule has 2 heterocycles. The lowest BCUT2D eigenvalue weighted by Gasteiger charge is -2.23. The number of aromatic nitrogens is 1. The molecule has 0 N–H and O–H groups in total. The molecule has 0 aromatic carbocycles. The third-order valence-corrected chi connectivity index (χ3v) is 7.82. The van der Waals surface area contributed by atoms with Gasteiger partial charge in [-0.05, 0) is 35.8 Å². The lowest BCUT2D eigenvalue weighted by Crippen LogP contribution is -2.45. The van der Waals surface area contributed by atoms with Gasteiger partial charge in [0.15, 0.2) is 0 Å². The summed E-state index contributed by atoms with van der Waals surface area (Å²) in [6.45, 7) is 6.63. The molecule has 0 fully saturated rings. The lowest BCUT2D eigenvalue weighted by atomic mass is 10.2. The fourth-order valence-corrected chi connectivity index (χ4v) is 6.05. The fourth-order valence-electron chi connectivity index (χ4n) is 2.40. The van der Waals surface area contributed by atoms with Crippen LogP contribution in [0, 0.1) is 0 Å². The molecular weight excluding hydrogens is 190 g/mol. The van der Waals surface area contributed by atoms with Gasteiger partial charge in [0.05, 0.1) is 6.10 Å². The average molecular weight is 207 g/mol. The van der Waals surface area contributed by atoms with E-state index in [1.807, 2.05) is 12.4 Å². The Morgan fingerprint density at radius 2 is 2.14 bits per heavy atom. The highest BCUT2D eigenvalue weighted by atomic mass is 28.4. The predicted molar refractivity (Wildman–Crippen MR) is 60.1 cm³/mol. The Bertz CT molecular complexity index is 336. The van der Waals surface area contributed by atoms with Crippen molar-refractivity contribution in [3.8, 4) is 0 Å². The van der Waals surface area contributed by atoms with Gasteiger partial charge in [-0.25, -0.2) is 0 Å². The average Bonchev–Trinajstić information content (AvgIpc) is 2.53. The van der Waals surface area contributed by atoms with E-state index in [-0.39, 0.29) is 6.10 Å². The zero-order valence-corrected chi connectivity index (χ0v) is 10.1. The second-order valence-electron chi connectivity index (χ2n) is 3.92. The predicted octanol–water partition coefficient (Wildman–Crippen LogP) is 2.37. The van der Waals surface area contributed by atoms with Crippen LogP contribution in [0.1, 0.15) is 32.4 Å². The van der Waals surface area contributed by atoms with Crippen LogP contribution in [0.5, 0.6) is 0 Å². The summed E-state index contributed by atoms with van der Waals surface area (Å²) in [5.41, 5.74) is 1.37. The molecule has 0 saturated heterocycles. The van der Waals surface area contributed by atoms with Crippen LogP contribution in [0.3, 0.4) is 0 Å². The molecule has 0 amide bonds. The molecule has 1 unspecified atom stereocenters. The molecule has 1 aliphatic heterocycles. The summed E-state index contributed by atoms with van der Waals surface area (Å²) in [5.74, 6) is 0. The molecule has 1 atom stereocenters. The standard InChI is InChI=1S/C11H17NOSi/c1-4-14(5-2)11-8-12-7-6-10(11)9(3)13-14/h6-9H,4-5H2,1-3H3. The molecule has 3 heteroatoms. The number of nitrogens with zero attached hydrogens (tertiary/aromatic N) is 1. The van der Waals surface area contributed by atoms with E-state index in [2.05, 4.69) is 31.8 Å². The summed E-state index contributed by atoms with van der Waals surface area (Å²) in [6.07, 6.45) is 4.17. The van der Waals surface area contributed by atoms with E-state index in [0.29, 0.717) is 0 Å². The highest BCUT2D eigenvalue weighted by Gasteiger charge is 2.43. The summed E-state index contributed by atoms with van der Waals surface area (Å²) in [7, 11) is -1.63. The van der Waals surface area contributed by atoms with Crippen LogP contribution in [-0.4, -0.2) is 13.3 Å². The van der Waals surface area contributed by atoms with Crippen molar-refractivity contribution in [1.29, 1.82) is 0 Å². The first-order valence-corrected chi connectivity index (χ1v) is 7.68. The second kappa shape index (κ2) is 3.48. The van der Waals surface area contributed by atoms with Crippen molar-refractivity contribution in [1.82, 2.24) is 4.98 Å². The lowest BCUT2D eigenvalue weighted by molar-refractivity contribution is 0.232. The van der Waals surface area contributed by atoms with Gasteiger partial charge in [0.2, 0.25) is 8.32 Å². The Labute approximate surface area is 86.5 Å². The molecule has 0 aliphatic carbocycles. The molecular formula is C11H17NOSi. The molecule has 1 aromatic heterocycles. The summed E-state index contributed by atoms with van der Waals surface area (Å²) in [5, 5.41) is 1.43. The molecule has 0 bridgehead atoms. The van der Waals surface area contributed by atoms with Crippen molar-refractivity contribution in [3.05, 3.63) is 24.0 Å². The summed E-state index contributed by atoms with van der Waals surface area (Å²) >= 11 is 0. The maximum absolute atomic E-state index is 6.22. The second-order valence-corrected chi connectivity index (χ2v) is 8.10. The molecule has 1 aromatic rings. The van der Waals surface area contributed by atoms with Gasteiger partial charge < -0.3 is 4.43 Å². The Kier molecular flexibility index (Phi) is 2.45. The maximum atomic E-state index is 6.22. The van der Waals surface area contributed by atoms with Crippen molar-refractivity contribution < 1.29 is 4.43 Å². The highest BCUT2D eigenvalue weighted by molar-refractivity contribution is 6.87. The quantitative estimate of drug-likeness (QED) is 0.695. The van der Waals surface area contributed by atoms with E-state index in [0.717, 1.165) is 12.1 Å². The minimum Gasteiger partial charge on any atom is -0.406 e. The van der Waals surface area contributed by atoms with Crippen molar-refractivity contribution in [3.63, 3.8) is 0 Å². The highest BCUT2D eigenvalue weighted by Crippen LogP contribution is 2.33. The maximum Gasteiger partial charge on any atom is 0.226 e. The zero-order chi connectivity index (χ0) is 10.2. The molecule has 0 saturated carbocycles. The number of rotatable bonds is 2. The Hall–Kier alpha value is -0.673.